The lowest BCUT2D eigenvalue weighted by atomic mass is 10.1. The monoisotopic (exact) mass is 340 g/mol. The molecule has 2 rings (SSSR count). The maximum Gasteiger partial charge on any atom is 0.241 e. The first-order valence-corrected chi connectivity index (χ1v) is 8.26. The molecule has 1 N–H and O–H groups in total. The Hall–Kier alpha value is -1.30. The first-order valence-electron chi connectivity index (χ1n) is 7.88. The van der Waals surface area contributed by atoms with E-state index in [0.29, 0.717) is 22.6 Å². The first kappa shape index (κ1) is 18.0. The van der Waals surface area contributed by atoms with Crippen LogP contribution in [0.15, 0.2) is 12.1 Å². The molecule has 1 fully saturated rings. The summed E-state index contributed by atoms with van der Waals surface area (Å²) in [6, 6.07) is 3.36. The van der Waals surface area contributed by atoms with Gasteiger partial charge in [0.1, 0.15) is 5.75 Å². The predicted molar refractivity (Wildman–Crippen MR) is 92.4 cm³/mol. The number of rotatable bonds is 5. The normalized spacial score (nSPS) is 17.8. The predicted octanol–water partition coefficient (Wildman–Crippen LogP) is 3.09. The number of methoxy groups -OCH3 is 2. The topological polar surface area (TPSA) is 50.8 Å². The standard InChI is InChI=1S/C17H25ClN2O3/c1-11-9-15(16(23-4)10-14(11)18)19-17(21)12(2)20-7-5-13(22-3)6-8-20/h9-10,12-13H,5-8H2,1-4H3,(H,19,21)/t12-/m1/s1. The van der Waals surface area contributed by atoms with Crippen molar-refractivity contribution in [1.29, 1.82) is 0 Å². The lowest BCUT2D eigenvalue weighted by molar-refractivity contribution is -0.121. The molecule has 1 saturated heterocycles. The van der Waals surface area contributed by atoms with Crippen LogP contribution in [0.5, 0.6) is 5.75 Å². The molecule has 5 nitrogen and oxygen atoms in total. The van der Waals surface area contributed by atoms with E-state index < -0.39 is 0 Å². The van der Waals surface area contributed by atoms with Gasteiger partial charge in [0.05, 0.1) is 24.9 Å². The van der Waals surface area contributed by atoms with Crippen LogP contribution < -0.4 is 10.1 Å². The van der Waals surface area contributed by atoms with Crippen LogP contribution in [0.2, 0.25) is 5.02 Å². The number of benzene rings is 1. The first-order chi connectivity index (χ1) is 11.0. The molecule has 0 spiro atoms. The molecular formula is C17H25ClN2O3. The summed E-state index contributed by atoms with van der Waals surface area (Å²) < 4.78 is 10.7. The fraction of sp³-hybridized carbons (Fsp3) is 0.588. The van der Waals surface area contributed by atoms with E-state index in [1.807, 2.05) is 19.9 Å². The van der Waals surface area contributed by atoms with Crippen molar-refractivity contribution in [3.8, 4) is 5.75 Å². The zero-order valence-corrected chi connectivity index (χ0v) is 14.9. The Morgan fingerprint density at radius 2 is 2.00 bits per heavy atom. The summed E-state index contributed by atoms with van der Waals surface area (Å²) in [4.78, 5) is 14.7. The van der Waals surface area contributed by atoms with Crippen LogP contribution in [-0.4, -0.2) is 50.3 Å². The van der Waals surface area contributed by atoms with Crippen molar-refractivity contribution in [1.82, 2.24) is 4.90 Å². The minimum atomic E-state index is -0.200. The van der Waals surface area contributed by atoms with Crippen LogP contribution in [0, 0.1) is 6.92 Å². The van der Waals surface area contributed by atoms with Gasteiger partial charge >= 0.3 is 0 Å². The second kappa shape index (κ2) is 7.99. The summed E-state index contributed by atoms with van der Waals surface area (Å²) in [6.45, 7) is 5.56. The van der Waals surface area contributed by atoms with E-state index in [2.05, 4.69) is 10.2 Å². The number of nitrogens with zero attached hydrogens (tertiary/aromatic N) is 1. The number of ether oxygens (including phenoxy) is 2. The molecule has 1 amide bonds. The summed E-state index contributed by atoms with van der Waals surface area (Å²) in [7, 11) is 3.31. The number of carbonyl (C=O) groups is 1. The number of hydrogen-bond acceptors (Lipinski definition) is 4. The van der Waals surface area contributed by atoms with Gasteiger partial charge in [0, 0.05) is 31.3 Å². The maximum atomic E-state index is 12.6. The van der Waals surface area contributed by atoms with Crippen LogP contribution in [-0.2, 0) is 9.53 Å². The molecule has 23 heavy (non-hydrogen) atoms. The Balaban J connectivity index is 2.03. The van der Waals surface area contributed by atoms with Gasteiger partial charge in [-0.2, -0.15) is 0 Å². The molecule has 0 radical (unpaired) electrons. The second-order valence-electron chi connectivity index (χ2n) is 5.94. The highest BCUT2D eigenvalue weighted by Crippen LogP contribution is 2.31. The molecule has 0 saturated carbocycles. The SMILES string of the molecule is COc1cc(Cl)c(C)cc1NC(=O)[C@@H](C)N1CCC(OC)CC1. The van der Waals surface area contributed by atoms with E-state index in [1.54, 1.807) is 20.3 Å². The van der Waals surface area contributed by atoms with Crippen molar-refractivity contribution in [2.75, 3.05) is 32.6 Å². The summed E-state index contributed by atoms with van der Waals surface area (Å²) >= 11 is 6.10. The zero-order chi connectivity index (χ0) is 17.0. The fourth-order valence-electron chi connectivity index (χ4n) is 2.83. The van der Waals surface area contributed by atoms with Crippen LogP contribution >= 0.6 is 11.6 Å². The number of halogens is 1. The number of carbonyl (C=O) groups excluding carboxylic acids is 1. The van der Waals surface area contributed by atoms with Crippen molar-refractivity contribution in [3.63, 3.8) is 0 Å². The summed E-state index contributed by atoms with van der Waals surface area (Å²) in [5.74, 6) is 0.528. The molecule has 1 aromatic carbocycles. The molecule has 1 atom stereocenters. The highest BCUT2D eigenvalue weighted by molar-refractivity contribution is 6.31. The van der Waals surface area contributed by atoms with Crippen molar-refractivity contribution < 1.29 is 14.3 Å². The highest BCUT2D eigenvalue weighted by atomic mass is 35.5. The van der Waals surface area contributed by atoms with Gasteiger partial charge in [-0.05, 0) is 38.3 Å². The van der Waals surface area contributed by atoms with Gasteiger partial charge in [-0.25, -0.2) is 0 Å². The highest BCUT2D eigenvalue weighted by Gasteiger charge is 2.27. The summed E-state index contributed by atoms with van der Waals surface area (Å²) in [5.41, 5.74) is 1.55. The number of likely N-dealkylation sites (tertiary alicyclic amines) is 1. The molecule has 1 aromatic rings. The van der Waals surface area contributed by atoms with E-state index in [9.17, 15) is 4.79 Å². The molecule has 1 aliphatic rings. The summed E-state index contributed by atoms with van der Waals surface area (Å²) in [6.07, 6.45) is 2.22. The Bertz CT molecular complexity index is 557. The minimum Gasteiger partial charge on any atom is -0.495 e. The Labute approximate surface area is 142 Å². The molecule has 6 heteroatoms. The number of amides is 1. The maximum absolute atomic E-state index is 12.6. The molecule has 0 unspecified atom stereocenters. The van der Waals surface area contributed by atoms with Crippen molar-refractivity contribution in [3.05, 3.63) is 22.7 Å². The van der Waals surface area contributed by atoms with Crippen LogP contribution in [0.4, 0.5) is 5.69 Å². The van der Waals surface area contributed by atoms with Crippen molar-refractivity contribution >= 4 is 23.2 Å². The lowest BCUT2D eigenvalue weighted by Gasteiger charge is -2.34. The van der Waals surface area contributed by atoms with E-state index in [-0.39, 0.29) is 11.9 Å². The van der Waals surface area contributed by atoms with Gasteiger partial charge in [0.15, 0.2) is 0 Å². The number of anilines is 1. The van der Waals surface area contributed by atoms with E-state index in [0.717, 1.165) is 31.5 Å². The fourth-order valence-corrected chi connectivity index (χ4v) is 2.99. The van der Waals surface area contributed by atoms with Crippen LogP contribution in [0.3, 0.4) is 0 Å². The molecular weight excluding hydrogens is 316 g/mol. The number of piperidine rings is 1. The quantitative estimate of drug-likeness (QED) is 0.895. The molecule has 0 aromatic heterocycles. The Kier molecular flexibility index (Phi) is 6.27. The number of nitrogens with one attached hydrogen (secondary N) is 1. The van der Waals surface area contributed by atoms with Crippen molar-refractivity contribution in [2.24, 2.45) is 0 Å². The van der Waals surface area contributed by atoms with E-state index in [4.69, 9.17) is 21.1 Å². The number of aryl methyl sites for hydroxylation is 1. The summed E-state index contributed by atoms with van der Waals surface area (Å²) in [5, 5.41) is 3.58. The Morgan fingerprint density at radius 3 is 2.57 bits per heavy atom. The average molecular weight is 341 g/mol. The molecule has 1 heterocycles. The van der Waals surface area contributed by atoms with Gasteiger partial charge in [-0.1, -0.05) is 11.6 Å². The van der Waals surface area contributed by atoms with Crippen molar-refractivity contribution in [2.45, 2.75) is 38.8 Å². The van der Waals surface area contributed by atoms with Crippen LogP contribution in [0.1, 0.15) is 25.3 Å². The minimum absolute atomic E-state index is 0.0408. The van der Waals surface area contributed by atoms with Gasteiger partial charge in [-0.15, -0.1) is 0 Å². The Morgan fingerprint density at radius 1 is 1.35 bits per heavy atom. The van der Waals surface area contributed by atoms with Gasteiger partial charge in [-0.3, -0.25) is 9.69 Å². The molecule has 128 valence electrons. The lowest BCUT2D eigenvalue weighted by Crippen LogP contribution is -2.47. The number of hydrogen-bond donors (Lipinski definition) is 1. The molecule has 0 aliphatic carbocycles. The van der Waals surface area contributed by atoms with Crippen LogP contribution in [0.25, 0.3) is 0 Å². The van der Waals surface area contributed by atoms with Gasteiger partial charge in [0.2, 0.25) is 5.91 Å². The molecule has 0 bridgehead atoms. The smallest absolute Gasteiger partial charge is 0.241 e. The third kappa shape index (κ3) is 4.37. The third-order valence-corrected chi connectivity index (χ3v) is 4.88. The third-order valence-electron chi connectivity index (χ3n) is 4.48. The second-order valence-corrected chi connectivity index (χ2v) is 6.35. The zero-order valence-electron chi connectivity index (χ0n) is 14.2. The van der Waals surface area contributed by atoms with E-state index >= 15 is 0 Å². The van der Waals surface area contributed by atoms with Gasteiger partial charge in [0.25, 0.3) is 0 Å². The largest absolute Gasteiger partial charge is 0.495 e. The molecule has 1 aliphatic heterocycles. The average Bonchev–Trinajstić information content (AvgIpc) is 2.57. The van der Waals surface area contributed by atoms with Gasteiger partial charge < -0.3 is 14.8 Å². The van der Waals surface area contributed by atoms with E-state index in [1.165, 1.54) is 0 Å².